The molecule has 20 heavy (non-hydrogen) atoms. The van der Waals surface area contributed by atoms with Crippen LogP contribution < -0.4 is 5.32 Å². The lowest BCUT2D eigenvalue weighted by molar-refractivity contribution is 0.0384. The van der Waals surface area contributed by atoms with E-state index in [2.05, 4.69) is 33.4 Å². The molecule has 0 atom stereocenters. The average molecular weight is 271 g/mol. The number of hydrogen-bond donors (Lipinski definition) is 2. The SMILES string of the molecule is c1ccc(Nc2[nH]ccc2CCN2CCOCC2)cc1. The summed E-state index contributed by atoms with van der Waals surface area (Å²) in [5.74, 6) is 1.10. The van der Waals surface area contributed by atoms with Gasteiger partial charge in [-0.05, 0) is 30.2 Å². The number of H-pyrrole nitrogens is 1. The molecule has 2 N–H and O–H groups in total. The molecule has 0 aliphatic carbocycles. The van der Waals surface area contributed by atoms with Gasteiger partial charge in [-0.15, -0.1) is 0 Å². The summed E-state index contributed by atoms with van der Waals surface area (Å²) in [4.78, 5) is 5.75. The van der Waals surface area contributed by atoms with Crippen LogP contribution in [0.4, 0.5) is 11.5 Å². The van der Waals surface area contributed by atoms with Crippen LogP contribution in [0.3, 0.4) is 0 Å². The van der Waals surface area contributed by atoms with E-state index in [1.54, 1.807) is 0 Å². The summed E-state index contributed by atoms with van der Waals surface area (Å²) in [5, 5.41) is 3.44. The lowest BCUT2D eigenvalue weighted by Gasteiger charge is -2.26. The van der Waals surface area contributed by atoms with Crippen LogP contribution in [0.15, 0.2) is 42.6 Å². The Hall–Kier alpha value is -1.78. The van der Waals surface area contributed by atoms with E-state index in [0.717, 1.165) is 50.8 Å². The molecule has 4 heteroatoms. The predicted octanol–water partition coefficient (Wildman–Crippen LogP) is 2.63. The van der Waals surface area contributed by atoms with Crippen LogP contribution in [-0.4, -0.2) is 42.7 Å². The zero-order chi connectivity index (χ0) is 13.6. The highest BCUT2D eigenvalue weighted by Gasteiger charge is 2.11. The molecule has 4 nitrogen and oxygen atoms in total. The van der Waals surface area contributed by atoms with Crippen molar-refractivity contribution < 1.29 is 4.74 Å². The van der Waals surface area contributed by atoms with Crippen molar-refractivity contribution in [2.24, 2.45) is 0 Å². The van der Waals surface area contributed by atoms with Gasteiger partial charge in [-0.1, -0.05) is 18.2 Å². The van der Waals surface area contributed by atoms with E-state index in [1.807, 2.05) is 24.4 Å². The van der Waals surface area contributed by atoms with Crippen LogP contribution >= 0.6 is 0 Å². The van der Waals surface area contributed by atoms with E-state index < -0.39 is 0 Å². The average Bonchev–Trinajstić information content (AvgIpc) is 2.94. The Bertz CT molecular complexity index is 518. The number of hydrogen-bond acceptors (Lipinski definition) is 3. The molecule has 0 bridgehead atoms. The summed E-state index contributed by atoms with van der Waals surface area (Å²) in [6.07, 6.45) is 3.05. The van der Waals surface area contributed by atoms with Gasteiger partial charge in [-0.3, -0.25) is 4.90 Å². The smallest absolute Gasteiger partial charge is 0.110 e. The maximum absolute atomic E-state index is 5.38. The van der Waals surface area contributed by atoms with Crippen molar-refractivity contribution in [3.05, 3.63) is 48.2 Å². The lowest BCUT2D eigenvalue weighted by Crippen LogP contribution is -2.37. The van der Waals surface area contributed by atoms with Gasteiger partial charge in [0.15, 0.2) is 0 Å². The number of anilines is 2. The fraction of sp³-hybridized carbons (Fsp3) is 0.375. The third-order valence-corrected chi connectivity index (χ3v) is 3.68. The summed E-state index contributed by atoms with van der Waals surface area (Å²) < 4.78 is 5.38. The monoisotopic (exact) mass is 271 g/mol. The Morgan fingerprint density at radius 2 is 1.90 bits per heavy atom. The molecule has 2 aromatic rings. The lowest BCUT2D eigenvalue weighted by atomic mass is 10.2. The van der Waals surface area contributed by atoms with Gasteiger partial charge in [0.2, 0.25) is 0 Å². The first kappa shape index (κ1) is 13.2. The molecule has 0 radical (unpaired) electrons. The van der Waals surface area contributed by atoms with Gasteiger partial charge < -0.3 is 15.0 Å². The van der Waals surface area contributed by atoms with Crippen LogP contribution in [0.25, 0.3) is 0 Å². The van der Waals surface area contributed by atoms with Crippen LogP contribution in [0.2, 0.25) is 0 Å². The van der Waals surface area contributed by atoms with E-state index >= 15 is 0 Å². The second-order valence-corrected chi connectivity index (χ2v) is 5.07. The summed E-state index contributed by atoms with van der Waals surface area (Å²) >= 11 is 0. The molecule has 3 rings (SSSR count). The number of para-hydroxylation sites is 1. The Kier molecular flexibility index (Phi) is 4.35. The van der Waals surface area contributed by atoms with E-state index in [0.29, 0.717) is 0 Å². The van der Waals surface area contributed by atoms with E-state index in [4.69, 9.17) is 4.74 Å². The molecule has 0 amide bonds. The van der Waals surface area contributed by atoms with Gasteiger partial charge in [0.1, 0.15) is 5.82 Å². The zero-order valence-electron chi connectivity index (χ0n) is 11.6. The topological polar surface area (TPSA) is 40.3 Å². The maximum Gasteiger partial charge on any atom is 0.110 e. The van der Waals surface area contributed by atoms with Crippen LogP contribution in [0.1, 0.15) is 5.56 Å². The molecule has 0 unspecified atom stereocenters. The highest BCUT2D eigenvalue weighted by atomic mass is 16.5. The van der Waals surface area contributed by atoms with Gasteiger partial charge in [0.05, 0.1) is 13.2 Å². The van der Waals surface area contributed by atoms with Crippen molar-refractivity contribution in [2.75, 3.05) is 38.2 Å². The molecule has 106 valence electrons. The number of ether oxygens (including phenoxy) is 1. The quantitative estimate of drug-likeness (QED) is 0.878. The van der Waals surface area contributed by atoms with Crippen molar-refractivity contribution in [1.29, 1.82) is 0 Å². The predicted molar refractivity (Wildman–Crippen MR) is 81.5 cm³/mol. The van der Waals surface area contributed by atoms with Crippen molar-refractivity contribution in [2.45, 2.75) is 6.42 Å². The minimum Gasteiger partial charge on any atom is -0.379 e. The number of aromatic amines is 1. The fourth-order valence-electron chi connectivity index (χ4n) is 2.50. The second-order valence-electron chi connectivity index (χ2n) is 5.07. The molecular weight excluding hydrogens is 250 g/mol. The molecule has 1 aromatic carbocycles. The minimum atomic E-state index is 0.863. The molecule has 1 saturated heterocycles. The van der Waals surface area contributed by atoms with Crippen molar-refractivity contribution in [3.63, 3.8) is 0 Å². The molecule has 0 saturated carbocycles. The van der Waals surface area contributed by atoms with Crippen LogP contribution in [0.5, 0.6) is 0 Å². The summed E-state index contributed by atoms with van der Waals surface area (Å²) in [5.41, 5.74) is 2.45. The van der Waals surface area contributed by atoms with Gasteiger partial charge in [0.25, 0.3) is 0 Å². The summed E-state index contributed by atoms with van der Waals surface area (Å²) in [7, 11) is 0. The van der Waals surface area contributed by atoms with Crippen LogP contribution in [0, 0.1) is 0 Å². The fourth-order valence-corrected chi connectivity index (χ4v) is 2.50. The first-order chi connectivity index (χ1) is 9.92. The number of nitrogens with zero attached hydrogens (tertiary/aromatic N) is 1. The van der Waals surface area contributed by atoms with E-state index in [-0.39, 0.29) is 0 Å². The molecule has 0 spiro atoms. The maximum atomic E-state index is 5.38. The van der Waals surface area contributed by atoms with Gasteiger partial charge in [0, 0.05) is 31.5 Å². The second kappa shape index (κ2) is 6.59. The van der Waals surface area contributed by atoms with Crippen LogP contribution in [-0.2, 0) is 11.2 Å². The van der Waals surface area contributed by atoms with Gasteiger partial charge >= 0.3 is 0 Å². The molecule has 1 aliphatic heterocycles. The Morgan fingerprint density at radius 1 is 1.10 bits per heavy atom. The standard InChI is InChI=1S/C16H21N3O/c1-2-4-15(5-3-1)18-16-14(6-8-17-16)7-9-19-10-12-20-13-11-19/h1-6,8,17-18H,7,9-13H2. The highest BCUT2D eigenvalue weighted by Crippen LogP contribution is 2.19. The Morgan fingerprint density at radius 3 is 2.70 bits per heavy atom. The molecule has 1 fully saturated rings. The Balaban J connectivity index is 1.58. The first-order valence-corrected chi connectivity index (χ1v) is 7.20. The van der Waals surface area contributed by atoms with Crippen molar-refractivity contribution in [1.82, 2.24) is 9.88 Å². The summed E-state index contributed by atoms with van der Waals surface area (Å²) in [6.45, 7) is 4.91. The number of rotatable bonds is 5. The Labute approximate surface area is 119 Å². The third kappa shape index (κ3) is 3.40. The number of benzene rings is 1. The van der Waals surface area contributed by atoms with Gasteiger partial charge in [-0.25, -0.2) is 0 Å². The van der Waals surface area contributed by atoms with Gasteiger partial charge in [-0.2, -0.15) is 0 Å². The highest BCUT2D eigenvalue weighted by molar-refractivity contribution is 5.59. The normalized spacial score (nSPS) is 16.2. The first-order valence-electron chi connectivity index (χ1n) is 7.20. The summed E-state index contributed by atoms with van der Waals surface area (Å²) in [6, 6.07) is 12.4. The van der Waals surface area contributed by atoms with E-state index in [9.17, 15) is 0 Å². The molecule has 1 aromatic heterocycles. The molecule has 2 heterocycles. The number of morpholine rings is 1. The number of aromatic nitrogens is 1. The minimum absolute atomic E-state index is 0.863. The third-order valence-electron chi connectivity index (χ3n) is 3.68. The van der Waals surface area contributed by atoms with E-state index in [1.165, 1.54) is 5.56 Å². The zero-order valence-corrected chi connectivity index (χ0v) is 11.6. The number of nitrogens with one attached hydrogen (secondary N) is 2. The van der Waals surface area contributed by atoms with Crippen molar-refractivity contribution in [3.8, 4) is 0 Å². The largest absolute Gasteiger partial charge is 0.379 e. The van der Waals surface area contributed by atoms with Crippen molar-refractivity contribution >= 4 is 11.5 Å². The molecular formula is C16H21N3O. The molecule has 1 aliphatic rings.